The number of hydrogen-bond donors (Lipinski definition) is 2. The number of para-hydroxylation sites is 2. The summed E-state index contributed by atoms with van der Waals surface area (Å²) >= 11 is 0. The molecule has 0 amide bonds. The molecule has 0 saturated carbocycles. The maximum Gasteiger partial charge on any atom is 0.124 e. The summed E-state index contributed by atoms with van der Waals surface area (Å²) in [5.74, 6) is 1.82. The third kappa shape index (κ3) is 4.03. The number of benzene rings is 2. The summed E-state index contributed by atoms with van der Waals surface area (Å²) in [5, 5.41) is 3.50. The quantitative estimate of drug-likeness (QED) is 0.635. The van der Waals surface area contributed by atoms with Crippen LogP contribution in [0, 0.1) is 0 Å². The van der Waals surface area contributed by atoms with Crippen LogP contribution in [0.4, 0.5) is 0 Å². The van der Waals surface area contributed by atoms with Gasteiger partial charge in [-0.15, -0.1) is 0 Å². The zero-order valence-electron chi connectivity index (χ0n) is 14.2. The van der Waals surface area contributed by atoms with Gasteiger partial charge in [-0.2, -0.15) is 0 Å². The van der Waals surface area contributed by atoms with Crippen molar-refractivity contribution in [2.24, 2.45) is 0 Å². The summed E-state index contributed by atoms with van der Waals surface area (Å²) in [5.41, 5.74) is 4.25. The molecule has 3 rings (SSSR count). The van der Waals surface area contributed by atoms with Gasteiger partial charge in [0, 0.05) is 6.54 Å². The predicted octanol–water partition coefficient (Wildman–Crippen LogP) is 4.37. The maximum atomic E-state index is 5.69. The monoisotopic (exact) mass is 321 g/mol. The van der Waals surface area contributed by atoms with Gasteiger partial charge in [-0.1, -0.05) is 30.8 Å². The highest BCUT2D eigenvalue weighted by Gasteiger charge is 2.10. The molecule has 24 heavy (non-hydrogen) atoms. The second-order valence-electron chi connectivity index (χ2n) is 6.13. The lowest BCUT2D eigenvalue weighted by atomic mass is 10.2. The number of fused-ring (bicyclic) bond motifs is 1. The number of nitrogens with one attached hydrogen (secondary N) is 2. The van der Waals surface area contributed by atoms with E-state index in [1.807, 2.05) is 43.3 Å². The highest BCUT2D eigenvalue weighted by molar-refractivity contribution is 5.74. The minimum Gasteiger partial charge on any atom is -0.489 e. The van der Waals surface area contributed by atoms with E-state index in [9.17, 15) is 0 Å². The molecule has 1 unspecified atom stereocenters. The van der Waals surface area contributed by atoms with Crippen LogP contribution in [-0.2, 0) is 6.54 Å². The van der Waals surface area contributed by atoms with Gasteiger partial charge in [-0.3, -0.25) is 0 Å². The molecule has 1 heterocycles. The van der Waals surface area contributed by atoms with E-state index in [2.05, 4.69) is 40.9 Å². The molecule has 0 saturated heterocycles. The predicted molar refractivity (Wildman–Crippen MR) is 98.1 cm³/mol. The molecule has 0 aliphatic rings. The van der Waals surface area contributed by atoms with Gasteiger partial charge in [0.05, 0.1) is 17.1 Å². The van der Waals surface area contributed by atoms with Gasteiger partial charge in [0.25, 0.3) is 0 Å². The normalized spacial score (nSPS) is 12.2. The Hall–Kier alpha value is -2.59. The first-order chi connectivity index (χ1) is 11.6. The lowest BCUT2D eigenvalue weighted by Gasteiger charge is -2.12. The maximum absolute atomic E-state index is 5.69. The Bertz CT molecular complexity index is 805. The van der Waals surface area contributed by atoms with Gasteiger partial charge in [-0.05, 0) is 49.2 Å². The van der Waals surface area contributed by atoms with Crippen LogP contribution in [0.2, 0.25) is 0 Å². The van der Waals surface area contributed by atoms with Crippen molar-refractivity contribution in [3.05, 3.63) is 72.1 Å². The van der Waals surface area contributed by atoms with E-state index in [0.717, 1.165) is 34.7 Å². The lowest BCUT2D eigenvalue weighted by Crippen LogP contribution is -2.19. The van der Waals surface area contributed by atoms with Crippen LogP contribution in [-0.4, -0.2) is 16.6 Å². The Labute approximate surface area is 142 Å². The summed E-state index contributed by atoms with van der Waals surface area (Å²) in [6, 6.07) is 16.3. The molecule has 0 fully saturated rings. The van der Waals surface area contributed by atoms with Gasteiger partial charge in [-0.25, -0.2) is 4.98 Å². The molecule has 1 aromatic heterocycles. The SMILES string of the molecule is C=C(C)COc1cccc(CNC(C)c2nc3ccccc3[nH]2)c1. The smallest absolute Gasteiger partial charge is 0.124 e. The van der Waals surface area contributed by atoms with E-state index < -0.39 is 0 Å². The molecular formula is C20H23N3O. The molecule has 4 nitrogen and oxygen atoms in total. The molecule has 1 atom stereocenters. The number of ether oxygens (including phenoxy) is 1. The average Bonchev–Trinajstić information content (AvgIpc) is 3.02. The van der Waals surface area contributed by atoms with Gasteiger partial charge in [0.15, 0.2) is 0 Å². The van der Waals surface area contributed by atoms with Gasteiger partial charge >= 0.3 is 0 Å². The third-order valence-corrected chi connectivity index (χ3v) is 3.81. The Balaban J connectivity index is 1.62. The third-order valence-electron chi connectivity index (χ3n) is 3.81. The Morgan fingerprint density at radius 1 is 1.25 bits per heavy atom. The van der Waals surface area contributed by atoms with E-state index in [1.165, 1.54) is 5.56 Å². The second kappa shape index (κ2) is 7.32. The first-order valence-electron chi connectivity index (χ1n) is 8.16. The fraction of sp³-hybridized carbons (Fsp3) is 0.250. The largest absolute Gasteiger partial charge is 0.489 e. The molecule has 0 spiro atoms. The van der Waals surface area contributed by atoms with Crippen molar-refractivity contribution >= 4 is 11.0 Å². The van der Waals surface area contributed by atoms with Crippen LogP contribution < -0.4 is 10.1 Å². The van der Waals surface area contributed by atoms with E-state index in [4.69, 9.17) is 4.74 Å². The molecule has 2 aromatic carbocycles. The Morgan fingerprint density at radius 3 is 2.88 bits per heavy atom. The standard InChI is InChI=1S/C20H23N3O/c1-14(2)13-24-17-8-6-7-16(11-17)12-21-15(3)20-22-18-9-4-5-10-19(18)23-20/h4-11,15,21H,1,12-13H2,2-3H3,(H,22,23). The number of aromatic amines is 1. The van der Waals surface area contributed by atoms with Crippen LogP contribution in [0.3, 0.4) is 0 Å². The second-order valence-corrected chi connectivity index (χ2v) is 6.13. The summed E-state index contributed by atoms with van der Waals surface area (Å²) in [7, 11) is 0. The van der Waals surface area contributed by atoms with E-state index in [-0.39, 0.29) is 6.04 Å². The summed E-state index contributed by atoms with van der Waals surface area (Å²) in [6.07, 6.45) is 0. The van der Waals surface area contributed by atoms with Crippen molar-refractivity contribution in [2.75, 3.05) is 6.61 Å². The molecule has 0 bridgehead atoms. The van der Waals surface area contributed by atoms with Crippen LogP contribution in [0.25, 0.3) is 11.0 Å². The fourth-order valence-corrected chi connectivity index (χ4v) is 2.50. The molecule has 0 aliphatic heterocycles. The number of aromatic nitrogens is 2. The number of imidazole rings is 1. The zero-order chi connectivity index (χ0) is 16.9. The topological polar surface area (TPSA) is 49.9 Å². The van der Waals surface area contributed by atoms with Crippen LogP contribution in [0.1, 0.15) is 31.3 Å². The Morgan fingerprint density at radius 2 is 2.08 bits per heavy atom. The Kier molecular flexibility index (Phi) is 4.96. The van der Waals surface area contributed by atoms with Crippen molar-refractivity contribution in [3.63, 3.8) is 0 Å². The van der Waals surface area contributed by atoms with Gasteiger partial charge in [0.1, 0.15) is 18.2 Å². The minimum absolute atomic E-state index is 0.136. The highest BCUT2D eigenvalue weighted by atomic mass is 16.5. The first-order valence-corrected chi connectivity index (χ1v) is 8.16. The first kappa shape index (κ1) is 16.3. The number of H-pyrrole nitrogens is 1. The summed E-state index contributed by atoms with van der Waals surface area (Å²) < 4.78 is 5.69. The fourth-order valence-electron chi connectivity index (χ4n) is 2.50. The summed E-state index contributed by atoms with van der Waals surface area (Å²) in [4.78, 5) is 8.01. The molecule has 4 heteroatoms. The average molecular weight is 321 g/mol. The van der Waals surface area contributed by atoms with E-state index in [1.54, 1.807) is 0 Å². The lowest BCUT2D eigenvalue weighted by molar-refractivity contribution is 0.352. The van der Waals surface area contributed by atoms with Crippen LogP contribution in [0.5, 0.6) is 5.75 Å². The molecule has 124 valence electrons. The van der Waals surface area contributed by atoms with Crippen molar-refractivity contribution in [1.29, 1.82) is 0 Å². The van der Waals surface area contributed by atoms with Gasteiger partial charge in [0.2, 0.25) is 0 Å². The summed E-state index contributed by atoms with van der Waals surface area (Å²) in [6.45, 7) is 9.23. The van der Waals surface area contributed by atoms with Crippen molar-refractivity contribution in [1.82, 2.24) is 15.3 Å². The minimum atomic E-state index is 0.136. The zero-order valence-corrected chi connectivity index (χ0v) is 14.2. The van der Waals surface area contributed by atoms with Gasteiger partial charge < -0.3 is 15.0 Å². The number of hydrogen-bond acceptors (Lipinski definition) is 3. The molecule has 3 aromatic rings. The molecule has 0 aliphatic carbocycles. The molecule has 2 N–H and O–H groups in total. The van der Waals surface area contributed by atoms with Crippen molar-refractivity contribution in [3.8, 4) is 5.75 Å². The van der Waals surface area contributed by atoms with Crippen molar-refractivity contribution in [2.45, 2.75) is 26.4 Å². The number of nitrogens with zero attached hydrogens (tertiary/aromatic N) is 1. The van der Waals surface area contributed by atoms with Crippen LogP contribution >= 0.6 is 0 Å². The highest BCUT2D eigenvalue weighted by Crippen LogP contribution is 2.17. The van der Waals surface area contributed by atoms with Crippen LogP contribution in [0.15, 0.2) is 60.7 Å². The molecular weight excluding hydrogens is 298 g/mol. The van der Waals surface area contributed by atoms with E-state index >= 15 is 0 Å². The molecule has 0 radical (unpaired) electrons. The van der Waals surface area contributed by atoms with E-state index in [0.29, 0.717) is 6.61 Å². The van der Waals surface area contributed by atoms with Crippen molar-refractivity contribution < 1.29 is 4.74 Å². The number of rotatable bonds is 7.